The summed E-state index contributed by atoms with van der Waals surface area (Å²) in [4.78, 5) is 92.4. The number of carbonyl (C=O) groups is 7. The third-order valence-electron chi connectivity index (χ3n) is 12.6. The molecule has 1 saturated heterocycles. The Hall–Kier alpha value is -7.65. The van der Waals surface area contributed by atoms with Gasteiger partial charge in [-0.2, -0.15) is 5.11 Å². The summed E-state index contributed by atoms with van der Waals surface area (Å²) in [5.41, 5.74) is 9.40. The summed E-state index contributed by atoms with van der Waals surface area (Å²) in [6.45, 7) is 4.84. The number of azo groups is 1. The maximum absolute atomic E-state index is 14.1. The third kappa shape index (κ3) is 15.5. The number of aliphatic carboxylic acids is 2. The molecule has 24 nitrogen and oxygen atoms in total. The summed E-state index contributed by atoms with van der Waals surface area (Å²) >= 11 is 0. The minimum Gasteiger partial charge on any atom is -0.505 e. The van der Waals surface area contributed by atoms with Gasteiger partial charge in [-0.25, -0.2) is 16.8 Å². The lowest BCUT2D eigenvalue weighted by Crippen LogP contribution is -2.49. The van der Waals surface area contributed by atoms with Crippen LogP contribution in [0.5, 0.6) is 5.75 Å². The van der Waals surface area contributed by atoms with Crippen LogP contribution in [0, 0.1) is 13.8 Å². The SMILES string of the molecule is Cc1cc(-c2ccc(NC(=O)[C@@H](CCCCNC(=O)CCN3C(=O)C=CC3=O)NC(=O)CN3CCN(CC(=O)O)CCN(CC(=O)O)CC3)c(C)c2)ccc1/N=N/c1ccc2c([SH](=O)=O)cc([SH](=O)=O)c(N)c2c1O. The zero-order valence-corrected chi connectivity index (χ0v) is 42.8. The van der Waals surface area contributed by atoms with E-state index in [9.17, 15) is 65.7 Å². The highest BCUT2D eigenvalue weighted by Crippen LogP contribution is 2.42. The number of amides is 5. The van der Waals surface area contributed by atoms with E-state index in [2.05, 4.69) is 26.2 Å². The Morgan fingerprint density at radius 2 is 1.24 bits per heavy atom. The molecule has 4 aromatic rings. The van der Waals surface area contributed by atoms with Gasteiger partial charge in [0.2, 0.25) is 17.7 Å². The van der Waals surface area contributed by atoms with Gasteiger partial charge in [-0.1, -0.05) is 18.2 Å². The van der Waals surface area contributed by atoms with Gasteiger partial charge in [-0.05, 0) is 91.8 Å². The van der Waals surface area contributed by atoms with Gasteiger partial charge in [-0.3, -0.25) is 53.2 Å². The molecule has 0 aliphatic carbocycles. The first-order valence-corrected chi connectivity index (χ1v) is 26.1. The van der Waals surface area contributed by atoms with Crippen LogP contribution in [0.1, 0.15) is 36.8 Å². The topological polar surface area (TPSA) is 348 Å². The van der Waals surface area contributed by atoms with E-state index in [-0.39, 0.29) is 78.5 Å². The molecule has 6 rings (SSSR count). The molecule has 4 aromatic carbocycles. The van der Waals surface area contributed by atoms with Gasteiger partial charge in [0, 0.05) is 82.0 Å². The number of hydrogen-bond acceptors (Lipinski definition) is 18. The highest BCUT2D eigenvalue weighted by Gasteiger charge is 2.27. The fraction of sp³-hybridized carbons (Fsp3) is 0.367. The molecule has 0 bridgehead atoms. The number of anilines is 2. The first kappa shape index (κ1) is 56.6. The van der Waals surface area contributed by atoms with Crippen LogP contribution < -0.4 is 21.7 Å². The molecule has 26 heteroatoms. The van der Waals surface area contributed by atoms with Crippen molar-refractivity contribution in [3.63, 3.8) is 0 Å². The van der Waals surface area contributed by atoms with E-state index in [0.29, 0.717) is 74.6 Å². The standard InChI is InChI=1S/C49H58N10O14S2/c1-29-23-31(32-7-10-35(30(2)24-32)54-55-36-11-8-33-38(74(70)71)25-39(75(72)73)47(50)46(33)48(36)68)6-9-34(29)53-49(69)37(5-3-4-15-51-40(60)14-16-59-42(62)12-13-43(59)63)52-41(61)26-56-17-19-57(27-44(64)65)21-22-58(20-18-56)28-45(66)67/h6-13,23-25,37,68,74-75H,3-5,14-22,26-28,50H2,1-2H3,(H,51,60)(H,52,61)(H,53,69)(H,64,65)(H,66,67)/b55-54+/t37-/m1/s1. The Bertz CT molecular complexity index is 3060. The average molecular weight is 1080 g/mol. The van der Waals surface area contributed by atoms with Crippen molar-refractivity contribution in [3.8, 4) is 16.9 Å². The molecule has 1 atom stereocenters. The van der Waals surface area contributed by atoms with Crippen molar-refractivity contribution in [3.05, 3.63) is 77.9 Å². The van der Waals surface area contributed by atoms with Crippen LogP contribution >= 0.6 is 0 Å². The summed E-state index contributed by atoms with van der Waals surface area (Å²) in [6.07, 6.45) is 3.14. The van der Waals surface area contributed by atoms with E-state index in [1.54, 1.807) is 52.8 Å². The van der Waals surface area contributed by atoms with Crippen molar-refractivity contribution in [1.82, 2.24) is 30.2 Å². The largest absolute Gasteiger partial charge is 0.505 e. The van der Waals surface area contributed by atoms with Crippen LogP contribution in [0.2, 0.25) is 0 Å². The van der Waals surface area contributed by atoms with Gasteiger partial charge in [0.25, 0.3) is 11.8 Å². The predicted octanol–water partition coefficient (Wildman–Crippen LogP) is 1.88. The van der Waals surface area contributed by atoms with Crippen molar-refractivity contribution in [1.29, 1.82) is 0 Å². The number of imide groups is 1. The molecular formula is C49H58N10O14S2. The molecule has 0 spiro atoms. The first-order valence-electron chi connectivity index (χ1n) is 23.7. The molecule has 5 amide bonds. The lowest BCUT2D eigenvalue weighted by Gasteiger charge is -2.26. The Kier molecular flexibility index (Phi) is 19.7. The van der Waals surface area contributed by atoms with Gasteiger partial charge in [0.1, 0.15) is 11.7 Å². The summed E-state index contributed by atoms with van der Waals surface area (Å²) in [5, 5.41) is 46.8. The Balaban J connectivity index is 1.13. The number of aromatic hydroxyl groups is 1. The van der Waals surface area contributed by atoms with E-state index < -0.39 is 73.7 Å². The van der Waals surface area contributed by atoms with Crippen LogP contribution in [0.25, 0.3) is 21.9 Å². The number of unbranched alkanes of at least 4 members (excludes halogenated alkanes) is 1. The zero-order chi connectivity index (χ0) is 54.5. The molecule has 2 aliphatic heterocycles. The number of nitrogens with zero attached hydrogens (tertiary/aromatic N) is 6. The number of aryl methyl sites for hydroxylation is 2. The summed E-state index contributed by atoms with van der Waals surface area (Å²) < 4.78 is 47.6. The quantitative estimate of drug-likeness (QED) is 0.0178. The fourth-order valence-corrected chi connectivity index (χ4v) is 9.79. The van der Waals surface area contributed by atoms with Gasteiger partial charge >= 0.3 is 11.9 Å². The van der Waals surface area contributed by atoms with E-state index in [1.165, 1.54) is 12.1 Å². The van der Waals surface area contributed by atoms with Gasteiger partial charge in [0.05, 0.1) is 46.2 Å². The third-order valence-corrected chi connectivity index (χ3v) is 14.1. The van der Waals surface area contributed by atoms with Crippen LogP contribution in [0.4, 0.5) is 22.7 Å². The maximum atomic E-state index is 14.1. The Labute approximate surface area is 434 Å². The number of fused-ring (bicyclic) bond motifs is 1. The molecule has 0 radical (unpaired) electrons. The number of carboxylic acids is 2. The lowest BCUT2D eigenvalue weighted by molar-refractivity contribution is -0.140. The second-order valence-electron chi connectivity index (χ2n) is 17.9. The highest BCUT2D eigenvalue weighted by molar-refractivity contribution is 7.73. The van der Waals surface area contributed by atoms with E-state index >= 15 is 0 Å². The maximum Gasteiger partial charge on any atom is 0.317 e. The summed E-state index contributed by atoms with van der Waals surface area (Å²) in [6, 6.07) is 13.2. The van der Waals surface area contributed by atoms with Gasteiger partial charge < -0.3 is 37.0 Å². The number of thiol groups is 2. The average Bonchev–Trinajstić information content (AvgIpc) is 3.71. The summed E-state index contributed by atoms with van der Waals surface area (Å²) in [5.74, 6) is -5.02. The molecule has 2 aliphatic rings. The molecule has 0 aromatic heterocycles. The number of carboxylic acid groups (broad SMARTS) is 2. The molecular weight excluding hydrogens is 1020 g/mol. The van der Waals surface area contributed by atoms with Crippen LogP contribution in [0.3, 0.4) is 0 Å². The number of nitrogens with one attached hydrogen (secondary N) is 3. The van der Waals surface area contributed by atoms with Gasteiger partial charge in [-0.15, -0.1) is 5.11 Å². The molecule has 8 N–H and O–H groups in total. The predicted molar refractivity (Wildman–Crippen MR) is 275 cm³/mol. The molecule has 0 unspecified atom stereocenters. The number of phenols is 1. The van der Waals surface area contributed by atoms with Crippen molar-refractivity contribution in [2.75, 3.05) is 83.0 Å². The van der Waals surface area contributed by atoms with E-state index in [1.807, 2.05) is 12.1 Å². The number of phenolic OH excluding ortho intramolecular Hbond substituents is 1. The smallest absolute Gasteiger partial charge is 0.317 e. The zero-order valence-electron chi connectivity index (χ0n) is 41.0. The molecule has 75 heavy (non-hydrogen) atoms. The van der Waals surface area contributed by atoms with Crippen LogP contribution in [0.15, 0.2) is 86.8 Å². The van der Waals surface area contributed by atoms with Crippen LogP contribution in [-0.4, -0.2) is 171 Å². The van der Waals surface area contributed by atoms with E-state index in [0.717, 1.165) is 34.2 Å². The normalized spacial score (nSPS) is 15.3. The number of nitrogens with two attached hydrogens (primary N) is 1. The number of carbonyl (C=O) groups excluding carboxylic acids is 5. The van der Waals surface area contributed by atoms with Crippen LogP contribution in [-0.2, 0) is 55.0 Å². The Morgan fingerprint density at radius 3 is 1.80 bits per heavy atom. The first-order chi connectivity index (χ1) is 35.7. The van der Waals surface area contributed by atoms with Crippen molar-refractivity contribution in [2.45, 2.75) is 55.4 Å². The van der Waals surface area contributed by atoms with Crippen molar-refractivity contribution < 1.29 is 65.7 Å². The second kappa shape index (κ2) is 26.0. The monoisotopic (exact) mass is 1070 g/mol. The molecule has 400 valence electrons. The number of rotatable bonds is 22. The number of benzene rings is 4. The lowest BCUT2D eigenvalue weighted by atomic mass is 10.00. The summed E-state index contributed by atoms with van der Waals surface area (Å²) in [7, 11) is -6.54. The highest BCUT2D eigenvalue weighted by atomic mass is 32.2. The fourth-order valence-electron chi connectivity index (χ4n) is 8.53. The number of nitrogen functional groups attached to an aromatic ring is 1. The van der Waals surface area contributed by atoms with Crippen molar-refractivity contribution in [2.24, 2.45) is 10.2 Å². The molecule has 2 heterocycles. The van der Waals surface area contributed by atoms with E-state index in [4.69, 9.17) is 5.73 Å². The molecule has 1 fully saturated rings. The van der Waals surface area contributed by atoms with Crippen molar-refractivity contribution >= 4 is 96.4 Å². The minimum atomic E-state index is -3.30. The molecule has 0 saturated carbocycles. The minimum absolute atomic E-state index is 0.0168. The second-order valence-corrected chi connectivity index (χ2v) is 19.9. The Morgan fingerprint density at radius 1 is 0.693 bits per heavy atom. The van der Waals surface area contributed by atoms with Gasteiger partial charge in [0.15, 0.2) is 27.2 Å². The number of hydrogen-bond donors (Lipinski definition) is 9.